The number of rotatable bonds is 5. The molecule has 0 bridgehead atoms. The summed E-state index contributed by atoms with van der Waals surface area (Å²) < 4.78 is 1.22. The van der Waals surface area contributed by atoms with Gasteiger partial charge >= 0.3 is 0 Å². The lowest BCUT2D eigenvalue weighted by Crippen LogP contribution is -2.44. The Morgan fingerprint density at radius 3 is 2.82 bits per heavy atom. The van der Waals surface area contributed by atoms with E-state index in [2.05, 4.69) is 47.8 Å². The van der Waals surface area contributed by atoms with E-state index in [1.807, 2.05) is 24.3 Å². The van der Waals surface area contributed by atoms with E-state index in [0.29, 0.717) is 36.2 Å². The molecule has 2 heterocycles. The van der Waals surface area contributed by atoms with Crippen molar-refractivity contribution in [1.82, 2.24) is 10.2 Å². The van der Waals surface area contributed by atoms with Gasteiger partial charge in [-0.3, -0.25) is 19.3 Å². The van der Waals surface area contributed by atoms with Crippen molar-refractivity contribution in [2.75, 3.05) is 0 Å². The number of hydrogen-bond donors (Lipinski definition) is 1. The Labute approximate surface area is 195 Å². The van der Waals surface area contributed by atoms with Gasteiger partial charge < -0.3 is 5.32 Å². The molecule has 1 aromatic heterocycles. The summed E-state index contributed by atoms with van der Waals surface area (Å²) in [6.07, 6.45) is 0.500. The first kappa shape index (κ1) is 21.1. The van der Waals surface area contributed by atoms with Crippen molar-refractivity contribution in [1.29, 1.82) is 0 Å². The first-order valence-corrected chi connectivity index (χ1v) is 11.7. The molecule has 2 aliphatic rings. The molecule has 6 heteroatoms. The minimum absolute atomic E-state index is 0.0754. The summed E-state index contributed by atoms with van der Waals surface area (Å²) in [6.45, 7) is 8.34. The monoisotopic (exact) mass is 454 g/mol. The fraction of sp³-hybridized carbons (Fsp3) is 0.185. The minimum atomic E-state index is -0.653. The smallest absolute Gasteiger partial charge is 0.260 e. The van der Waals surface area contributed by atoms with Crippen LogP contribution in [0.5, 0.6) is 0 Å². The van der Waals surface area contributed by atoms with Gasteiger partial charge in [-0.2, -0.15) is 0 Å². The van der Waals surface area contributed by atoms with Crippen LogP contribution in [0, 0.1) is 0 Å². The molecular weight excluding hydrogens is 432 g/mol. The standard InChI is InChI=1S/C27H22N2O3S/c1-3-22-21-6-4-5-19(15-28-16(2)17-7-10-25-18(13-17)11-12-33-25)26(21)27(32)29(22)23-9-8-20(30)14-24(23)31/h4-7,10-13,23,28H,1-2,8-9,14-15H2. The van der Waals surface area contributed by atoms with Gasteiger partial charge in [0.25, 0.3) is 5.91 Å². The summed E-state index contributed by atoms with van der Waals surface area (Å²) in [6, 6.07) is 13.3. The third-order valence-corrected chi connectivity index (χ3v) is 7.19. The van der Waals surface area contributed by atoms with E-state index in [1.165, 1.54) is 15.0 Å². The number of thiophene rings is 1. The molecule has 1 fully saturated rings. The predicted octanol–water partition coefficient (Wildman–Crippen LogP) is 4.93. The molecule has 33 heavy (non-hydrogen) atoms. The second kappa shape index (κ2) is 8.32. The van der Waals surface area contributed by atoms with Gasteiger partial charge in [0.15, 0.2) is 5.78 Å². The zero-order valence-electron chi connectivity index (χ0n) is 18.0. The Morgan fingerprint density at radius 2 is 2.03 bits per heavy atom. The van der Waals surface area contributed by atoms with Crippen LogP contribution in [-0.2, 0) is 16.1 Å². The molecule has 1 unspecified atom stereocenters. The van der Waals surface area contributed by atoms with Gasteiger partial charge in [-0.1, -0.05) is 37.4 Å². The highest BCUT2D eigenvalue weighted by molar-refractivity contribution is 7.17. The largest absolute Gasteiger partial charge is 0.381 e. The number of hydrogen-bond acceptors (Lipinski definition) is 5. The molecule has 5 rings (SSSR count). The highest BCUT2D eigenvalue weighted by Gasteiger charge is 2.42. The molecule has 1 aliphatic heterocycles. The molecule has 0 radical (unpaired) electrons. The predicted molar refractivity (Wildman–Crippen MR) is 131 cm³/mol. The molecule has 5 nitrogen and oxygen atoms in total. The van der Waals surface area contributed by atoms with Crippen molar-refractivity contribution < 1.29 is 14.4 Å². The maximum absolute atomic E-state index is 13.5. The second-order valence-corrected chi connectivity index (χ2v) is 9.23. The first-order chi connectivity index (χ1) is 16.0. The number of nitrogens with zero attached hydrogens (tertiary/aromatic N) is 1. The van der Waals surface area contributed by atoms with Crippen LogP contribution in [0.4, 0.5) is 0 Å². The topological polar surface area (TPSA) is 66.5 Å². The first-order valence-electron chi connectivity index (χ1n) is 10.8. The van der Waals surface area contributed by atoms with E-state index in [0.717, 1.165) is 16.8 Å². The average molecular weight is 455 g/mol. The number of ketones is 2. The number of Topliss-reactive ketones (excluding diaryl/α,β-unsaturated/α-hetero) is 2. The number of benzene rings is 2. The molecule has 0 saturated heterocycles. The van der Waals surface area contributed by atoms with Gasteiger partial charge in [-0.05, 0) is 46.5 Å². The molecule has 1 saturated carbocycles. The van der Waals surface area contributed by atoms with Crippen LogP contribution in [0.1, 0.15) is 46.3 Å². The van der Waals surface area contributed by atoms with Gasteiger partial charge in [0.05, 0.1) is 23.7 Å². The Hall–Kier alpha value is -3.73. The summed E-state index contributed by atoms with van der Waals surface area (Å²) in [5.74, 6) is -0.544. The highest BCUT2D eigenvalue weighted by atomic mass is 32.1. The van der Waals surface area contributed by atoms with Crippen molar-refractivity contribution >= 4 is 50.3 Å². The molecule has 0 spiro atoms. The van der Waals surface area contributed by atoms with Gasteiger partial charge in [0.2, 0.25) is 0 Å². The molecule has 1 amide bonds. The van der Waals surface area contributed by atoms with Crippen molar-refractivity contribution in [2.45, 2.75) is 31.8 Å². The zero-order chi connectivity index (χ0) is 23.1. The minimum Gasteiger partial charge on any atom is -0.381 e. The highest BCUT2D eigenvalue weighted by Crippen LogP contribution is 2.38. The lowest BCUT2D eigenvalue weighted by molar-refractivity contribution is -0.132. The number of carbonyl (C=O) groups is 3. The number of fused-ring (bicyclic) bond motifs is 2. The maximum Gasteiger partial charge on any atom is 0.260 e. The average Bonchev–Trinajstić information content (AvgIpc) is 3.39. The normalized spacial score (nSPS) is 17.9. The van der Waals surface area contributed by atoms with Crippen LogP contribution in [0.2, 0.25) is 0 Å². The van der Waals surface area contributed by atoms with Crippen LogP contribution in [0.25, 0.3) is 21.5 Å². The van der Waals surface area contributed by atoms with Crippen LogP contribution in [0.15, 0.2) is 66.7 Å². The van der Waals surface area contributed by atoms with E-state index in [4.69, 9.17) is 0 Å². The molecule has 2 aromatic carbocycles. The molecule has 1 atom stereocenters. The third-order valence-electron chi connectivity index (χ3n) is 6.29. The number of amides is 1. The van der Waals surface area contributed by atoms with Crippen LogP contribution in [-0.4, -0.2) is 28.4 Å². The summed E-state index contributed by atoms with van der Waals surface area (Å²) in [5.41, 5.74) is 7.19. The maximum atomic E-state index is 13.5. The summed E-state index contributed by atoms with van der Waals surface area (Å²) in [7, 11) is 0. The van der Waals surface area contributed by atoms with Gasteiger partial charge in [0.1, 0.15) is 5.78 Å². The molecule has 1 aliphatic carbocycles. The fourth-order valence-corrected chi connectivity index (χ4v) is 5.39. The van der Waals surface area contributed by atoms with Crippen LogP contribution in [0.3, 0.4) is 0 Å². The Kier molecular flexibility index (Phi) is 5.33. The van der Waals surface area contributed by atoms with Gasteiger partial charge in [-0.25, -0.2) is 0 Å². The molecular formula is C27H22N2O3S. The second-order valence-electron chi connectivity index (χ2n) is 8.28. The van der Waals surface area contributed by atoms with Crippen molar-refractivity contribution in [3.8, 4) is 0 Å². The lowest BCUT2D eigenvalue weighted by atomic mass is 9.91. The number of nitrogens with one attached hydrogen (secondary N) is 1. The number of carbonyl (C=O) groups excluding carboxylic acids is 3. The quantitative estimate of drug-likeness (QED) is 0.438. The third kappa shape index (κ3) is 3.63. The van der Waals surface area contributed by atoms with E-state index in [9.17, 15) is 14.4 Å². The zero-order valence-corrected chi connectivity index (χ0v) is 18.8. The lowest BCUT2D eigenvalue weighted by Gasteiger charge is -2.29. The Balaban J connectivity index is 1.41. The summed E-state index contributed by atoms with van der Waals surface area (Å²) >= 11 is 1.70. The summed E-state index contributed by atoms with van der Waals surface area (Å²) in [4.78, 5) is 39.2. The van der Waals surface area contributed by atoms with Gasteiger partial charge in [-0.15, -0.1) is 17.1 Å². The van der Waals surface area contributed by atoms with Crippen molar-refractivity contribution in [2.24, 2.45) is 0 Å². The molecule has 164 valence electrons. The van der Waals surface area contributed by atoms with E-state index in [1.54, 1.807) is 11.3 Å². The van der Waals surface area contributed by atoms with Gasteiger partial charge in [0, 0.05) is 28.9 Å². The van der Waals surface area contributed by atoms with E-state index in [-0.39, 0.29) is 23.9 Å². The van der Waals surface area contributed by atoms with E-state index >= 15 is 0 Å². The Morgan fingerprint density at radius 1 is 1.18 bits per heavy atom. The SMILES string of the molecule is C=C=C1c2cccc(CNC(=C)c3ccc4sccc4c3)c2C(=O)N1C1CCC(=O)CC1=O. The summed E-state index contributed by atoms with van der Waals surface area (Å²) in [5, 5.41) is 6.58. The fourth-order valence-electron chi connectivity index (χ4n) is 4.62. The molecule has 3 aromatic rings. The molecule has 1 N–H and O–H groups in total. The van der Waals surface area contributed by atoms with Crippen molar-refractivity contribution in [3.63, 3.8) is 0 Å². The Bertz CT molecular complexity index is 1390. The van der Waals surface area contributed by atoms with Crippen molar-refractivity contribution in [3.05, 3.63) is 89.0 Å². The van der Waals surface area contributed by atoms with Crippen LogP contribution >= 0.6 is 11.3 Å². The van der Waals surface area contributed by atoms with E-state index < -0.39 is 6.04 Å². The van der Waals surface area contributed by atoms with Crippen LogP contribution < -0.4 is 5.32 Å².